The normalized spacial score (nSPS) is 11.5. The molecular formula is C19H31N5O3. The number of carbonyl (C=O) groups is 2. The molecule has 150 valence electrons. The van der Waals surface area contributed by atoms with E-state index in [1.807, 2.05) is 58.0 Å². The number of amides is 2. The van der Waals surface area contributed by atoms with Crippen molar-refractivity contribution in [3.63, 3.8) is 0 Å². The summed E-state index contributed by atoms with van der Waals surface area (Å²) in [6.45, 7) is 9.19. The number of para-hydroxylation sites is 1. The van der Waals surface area contributed by atoms with Crippen molar-refractivity contribution < 1.29 is 14.3 Å². The summed E-state index contributed by atoms with van der Waals surface area (Å²) in [6.07, 6.45) is 0.264. The van der Waals surface area contributed by atoms with Crippen LogP contribution in [0.3, 0.4) is 0 Å². The van der Waals surface area contributed by atoms with Crippen molar-refractivity contribution in [2.75, 3.05) is 31.5 Å². The molecule has 0 unspecified atom stereocenters. The van der Waals surface area contributed by atoms with Crippen LogP contribution in [-0.2, 0) is 9.53 Å². The second kappa shape index (κ2) is 11.8. The molecule has 0 saturated carbocycles. The number of nitrogens with one attached hydrogen (secondary N) is 4. The van der Waals surface area contributed by atoms with Gasteiger partial charge in [0.2, 0.25) is 5.91 Å². The lowest BCUT2D eigenvalue weighted by atomic mass is 10.2. The largest absolute Gasteiger partial charge is 0.444 e. The Kier molecular flexibility index (Phi) is 9.71. The molecule has 0 aromatic heterocycles. The maximum atomic E-state index is 12.0. The Hall–Kier alpha value is -2.77. The highest BCUT2D eigenvalue weighted by molar-refractivity contribution is 5.94. The Bertz CT molecular complexity index is 612. The van der Waals surface area contributed by atoms with E-state index in [0.717, 1.165) is 5.69 Å². The van der Waals surface area contributed by atoms with Crippen molar-refractivity contribution >= 4 is 23.6 Å². The van der Waals surface area contributed by atoms with Crippen LogP contribution in [-0.4, -0.2) is 49.7 Å². The minimum absolute atomic E-state index is 0.0143. The Morgan fingerprint density at radius 2 is 1.70 bits per heavy atom. The van der Waals surface area contributed by atoms with E-state index in [9.17, 15) is 9.59 Å². The van der Waals surface area contributed by atoms with Gasteiger partial charge in [-0.3, -0.25) is 4.79 Å². The minimum Gasteiger partial charge on any atom is -0.444 e. The summed E-state index contributed by atoms with van der Waals surface area (Å²) in [5, 5.41) is 11.7. The number of rotatable bonds is 8. The number of guanidine groups is 1. The fourth-order valence-electron chi connectivity index (χ4n) is 2.01. The van der Waals surface area contributed by atoms with E-state index in [-0.39, 0.29) is 12.5 Å². The lowest BCUT2D eigenvalue weighted by molar-refractivity contribution is -0.114. The molecule has 0 heterocycles. The summed E-state index contributed by atoms with van der Waals surface area (Å²) < 4.78 is 5.17. The average Bonchev–Trinajstić information content (AvgIpc) is 2.58. The maximum Gasteiger partial charge on any atom is 0.407 e. The second-order valence-corrected chi connectivity index (χ2v) is 6.82. The van der Waals surface area contributed by atoms with E-state index < -0.39 is 11.7 Å². The second-order valence-electron chi connectivity index (χ2n) is 6.82. The lowest BCUT2D eigenvalue weighted by Gasteiger charge is -2.19. The quantitative estimate of drug-likeness (QED) is 0.316. The standard InChI is InChI=1S/C19H31N5O3/c1-5-20-17(21-12-9-13-22-18(26)27-19(2,3)4)23-14-16(25)24-15-10-7-6-8-11-15/h6-8,10-11H,5,9,12-14H2,1-4H3,(H,22,26)(H,24,25)(H2,20,21,23). The SMILES string of the molecule is CCNC(=NCC(=O)Nc1ccccc1)NCCCNC(=O)OC(C)(C)C. The number of benzene rings is 1. The first-order valence-electron chi connectivity index (χ1n) is 9.14. The summed E-state index contributed by atoms with van der Waals surface area (Å²) in [5.74, 6) is 0.364. The monoisotopic (exact) mass is 377 g/mol. The third kappa shape index (κ3) is 11.5. The zero-order valence-corrected chi connectivity index (χ0v) is 16.6. The molecule has 1 rings (SSSR count). The Balaban J connectivity index is 2.30. The van der Waals surface area contributed by atoms with Gasteiger partial charge < -0.3 is 26.0 Å². The van der Waals surface area contributed by atoms with Gasteiger partial charge in [0.25, 0.3) is 0 Å². The zero-order chi connectivity index (χ0) is 20.1. The molecule has 1 aromatic carbocycles. The third-order valence-electron chi connectivity index (χ3n) is 3.10. The molecule has 8 heteroatoms. The molecule has 0 saturated heterocycles. The molecule has 0 aliphatic rings. The van der Waals surface area contributed by atoms with Crippen LogP contribution >= 0.6 is 0 Å². The van der Waals surface area contributed by atoms with Gasteiger partial charge in [-0.25, -0.2) is 9.79 Å². The summed E-state index contributed by atoms with van der Waals surface area (Å²) in [5.41, 5.74) is 0.233. The van der Waals surface area contributed by atoms with Crippen molar-refractivity contribution in [1.29, 1.82) is 0 Å². The molecule has 0 aliphatic carbocycles. The predicted octanol–water partition coefficient (Wildman–Crippen LogP) is 2.09. The van der Waals surface area contributed by atoms with E-state index in [2.05, 4.69) is 26.3 Å². The highest BCUT2D eigenvalue weighted by atomic mass is 16.6. The van der Waals surface area contributed by atoms with Crippen LogP contribution < -0.4 is 21.3 Å². The van der Waals surface area contributed by atoms with Gasteiger partial charge in [-0.2, -0.15) is 0 Å². The average molecular weight is 377 g/mol. The Labute approximate surface area is 161 Å². The molecule has 0 bridgehead atoms. The first-order valence-corrected chi connectivity index (χ1v) is 9.14. The highest BCUT2D eigenvalue weighted by Gasteiger charge is 2.15. The van der Waals surface area contributed by atoms with E-state index in [4.69, 9.17) is 4.74 Å². The molecule has 1 aromatic rings. The smallest absolute Gasteiger partial charge is 0.407 e. The third-order valence-corrected chi connectivity index (χ3v) is 3.10. The Morgan fingerprint density at radius 3 is 2.33 bits per heavy atom. The molecule has 0 atom stereocenters. The molecule has 8 nitrogen and oxygen atoms in total. The first kappa shape index (κ1) is 22.3. The molecular weight excluding hydrogens is 346 g/mol. The van der Waals surface area contributed by atoms with Crippen LogP contribution in [0.4, 0.5) is 10.5 Å². The first-order chi connectivity index (χ1) is 12.8. The molecule has 27 heavy (non-hydrogen) atoms. The van der Waals surface area contributed by atoms with Crippen molar-refractivity contribution in [1.82, 2.24) is 16.0 Å². The van der Waals surface area contributed by atoms with Crippen molar-refractivity contribution in [3.8, 4) is 0 Å². The van der Waals surface area contributed by atoms with E-state index >= 15 is 0 Å². The van der Waals surface area contributed by atoms with E-state index in [0.29, 0.717) is 32.0 Å². The fourth-order valence-corrected chi connectivity index (χ4v) is 2.01. The van der Waals surface area contributed by atoms with Crippen molar-refractivity contribution in [3.05, 3.63) is 30.3 Å². The van der Waals surface area contributed by atoms with Crippen LogP contribution in [0.5, 0.6) is 0 Å². The molecule has 4 N–H and O–H groups in total. The summed E-state index contributed by atoms with van der Waals surface area (Å²) in [4.78, 5) is 27.8. The number of ether oxygens (including phenoxy) is 1. The van der Waals surface area contributed by atoms with Gasteiger partial charge in [0.15, 0.2) is 5.96 Å². The minimum atomic E-state index is -0.506. The number of hydrogen-bond donors (Lipinski definition) is 4. The van der Waals surface area contributed by atoms with Crippen LogP contribution in [0.25, 0.3) is 0 Å². The van der Waals surface area contributed by atoms with Crippen LogP contribution in [0.1, 0.15) is 34.1 Å². The number of carbonyl (C=O) groups excluding carboxylic acids is 2. The molecule has 2 amide bonds. The van der Waals surface area contributed by atoms with Gasteiger partial charge in [-0.15, -0.1) is 0 Å². The van der Waals surface area contributed by atoms with Gasteiger partial charge in [-0.1, -0.05) is 18.2 Å². The van der Waals surface area contributed by atoms with Gasteiger partial charge in [-0.05, 0) is 46.2 Å². The lowest BCUT2D eigenvalue weighted by Crippen LogP contribution is -2.39. The number of alkyl carbamates (subject to hydrolysis) is 1. The summed E-state index contributed by atoms with van der Waals surface area (Å²) in [6, 6.07) is 9.25. The summed E-state index contributed by atoms with van der Waals surface area (Å²) in [7, 11) is 0. The number of nitrogens with zero attached hydrogens (tertiary/aromatic N) is 1. The molecule has 0 spiro atoms. The van der Waals surface area contributed by atoms with Crippen molar-refractivity contribution in [2.24, 2.45) is 4.99 Å². The molecule has 0 fully saturated rings. The predicted molar refractivity (Wildman–Crippen MR) is 108 cm³/mol. The van der Waals surface area contributed by atoms with Crippen molar-refractivity contribution in [2.45, 2.75) is 39.7 Å². The maximum absolute atomic E-state index is 12.0. The molecule has 0 aliphatic heterocycles. The summed E-state index contributed by atoms with van der Waals surface area (Å²) >= 11 is 0. The Morgan fingerprint density at radius 1 is 1.04 bits per heavy atom. The van der Waals surface area contributed by atoms with Crippen LogP contribution in [0, 0.1) is 0 Å². The van der Waals surface area contributed by atoms with Gasteiger partial charge in [0.1, 0.15) is 12.1 Å². The highest BCUT2D eigenvalue weighted by Crippen LogP contribution is 2.06. The van der Waals surface area contributed by atoms with E-state index in [1.54, 1.807) is 0 Å². The zero-order valence-electron chi connectivity index (χ0n) is 16.6. The number of hydrogen-bond acceptors (Lipinski definition) is 4. The topological polar surface area (TPSA) is 104 Å². The van der Waals surface area contributed by atoms with E-state index in [1.165, 1.54) is 0 Å². The fraction of sp³-hybridized carbons (Fsp3) is 0.526. The van der Waals surface area contributed by atoms with Gasteiger partial charge in [0.05, 0.1) is 0 Å². The van der Waals surface area contributed by atoms with Gasteiger partial charge in [0, 0.05) is 25.3 Å². The van der Waals surface area contributed by atoms with Crippen LogP contribution in [0.2, 0.25) is 0 Å². The van der Waals surface area contributed by atoms with Crippen LogP contribution in [0.15, 0.2) is 35.3 Å². The van der Waals surface area contributed by atoms with Gasteiger partial charge >= 0.3 is 6.09 Å². The number of aliphatic imine (C=N–C) groups is 1. The molecule has 0 radical (unpaired) electrons. The number of anilines is 1.